The zero-order valence-corrected chi connectivity index (χ0v) is 37.8. The third-order valence-corrected chi connectivity index (χ3v) is 12.2. The van der Waals surface area contributed by atoms with Crippen LogP contribution in [0.1, 0.15) is 91.9 Å². The van der Waals surface area contributed by atoms with E-state index in [-0.39, 0.29) is 38.0 Å². The van der Waals surface area contributed by atoms with Gasteiger partial charge in [0.05, 0.1) is 79.6 Å². The number of cyclic esters (lactones) is 1. The van der Waals surface area contributed by atoms with Crippen LogP contribution in [0, 0.1) is 17.8 Å². The first-order valence-electron chi connectivity index (χ1n) is 22.6. The Hall–Kier alpha value is -3.18. The lowest BCUT2D eigenvalue weighted by atomic mass is 9.82. The van der Waals surface area contributed by atoms with Crippen LogP contribution in [0.2, 0.25) is 0 Å². The highest BCUT2D eigenvalue weighted by atomic mass is 16.7. The van der Waals surface area contributed by atoms with Crippen molar-refractivity contribution in [3.05, 3.63) is 72.9 Å². The van der Waals surface area contributed by atoms with Crippen molar-refractivity contribution in [1.82, 2.24) is 0 Å². The van der Waals surface area contributed by atoms with Gasteiger partial charge in [-0.2, -0.15) is 0 Å². The molecule has 19 atom stereocenters. The minimum absolute atomic E-state index is 0.138. The van der Waals surface area contributed by atoms with Crippen LogP contribution >= 0.6 is 0 Å². The molecule has 0 radical (unpaired) electrons. The Morgan fingerprint density at radius 3 is 1.94 bits per heavy atom. The van der Waals surface area contributed by atoms with Gasteiger partial charge in [-0.1, -0.05) is 86.8 Å². The quantitative estimate of drug-likeness (QED) is 0.175. The second-order valence-corrected chi connectivity index (χ2v) is 17.8. The number of rotatable bonds is 3. The van der Waals surface area contributed by atoms with E-state index in [1.54, 1.807) is 38.2 Å². The van der Waals surface area contributed by atoms with Crippen molar-refractivity contribution >= 4 is 11.9 Å². The van der Waals surface area contributed by atoms with E-state index in [0.717, 1.165) is 12.8 Å². The number of hydrogen-bond donors (Lipinski definition) is 12. The van der Waals surface area contributed by atoms with Gasteiger partial charge < -0.3 is 80.9 Å². The van der Waals surface area contributed by atoms with Crippen LogP contribution in [0.15, 0.2) is 72.9 Å². The monoisotopic (exact) mass is 926 g/mol. The summed E-state index contributed by atoms with van der Waals surface area (Å²) in [5.74, 6) is -6.82. The summed E-state index contributed by atoms with van der Waals surface area (Å²) in [6.45, 7) is 6.78. The van der Waals surface area contributed by atoms with E-state index in [1.165, 1.54) is 13.0 Å². The molecule has 0 aromatic heterocycles. The van der Waals surface area contributed by atoms with Gasteiger partial charge >= 0.3 is 11.9 Å². The van der Waals surface area contributed by atoms with Gasteiger partial charge in [-0.05, 0) is 52.4 Å². The maximum atomic E-state index is 12.6. The van der Waals surface area contributed by atoms with E-state index in [0.29, 0.717) is 0 Å². The molecule has 3 aliphatic heterocycles. The molecule has 0 spiro atoms. The normalized spacial score (nSPS) is 45.2. The van der Waals surface area contributed by atoms with Crippen molar-refractivity contribution in [2.24, 2.45) is 23.5 Å². The Morgan fingerprint density at radius 1 is 0.692 bits per heavy atom. The van der Waals surface area contributed by atoms with Crippen LogP contribution < -0.4 is 5.73 Å². The Morgan fingerprint density at radius 2 is 1.28 bits per heavy atom. The molecule has 2 unspecified atom stereocenters. The Labute approximate surface area is 381 Å². The van der Waals surface area contributed by atoms with Crippen molar-refractivity contribution in [1.29, 1.82) is 0 Å². The number of carbonyl (C=O) groups is 2. The van der Waals surface area contributed by atoms with Crippen molar-refractivity contribution in [3.8, 4) is 0 Å². The molecule has 0 aromatic carbocycles. The molecule has 2 bridgehead atoms. The molecule has 0 aliphatic carbocycles. The summed E-state index contributed by atoms with van der Waals surface area (Å²) in [5, 5.41) is 118. The van der Waals surface area contributed by atoms with Gasteiger partial charge in [0.1, 0.15) is 18.1 Å². The summed E-state index contributed by atoms with van der Waals surface area (Å²) >= 11 is 0. The third-order valence-electron chi connectivity index (χ3n) is 12.2. The number of ether oxygens (including phenoxy) is 4. The lowest BCUT2D eigenvalue weighted by molar-refractivity contribution is -0.310. The molecule has 65 heavy (non-hydrogen) atoms. The number of hydrogen-bond acceptors (Lipinski definition) is 17. The molecule has 3 rings (SSSR count). The van der Waals surface area contributed by atoms with Crippen molar-refractivity contribution in [2.75, 3.05) is 0 Å². The molecule has 0 aromatic rings. The van der Waals surface area contributed by atoms with Gasteiger partial charge in [-0.25, -0.2) is 0 Å². The first-order chi connectivity index (χ1) is 30.6. The highest BCUT2D eigenvalue weighted by Gasteiger charge is 2.51. The summed E-state index contributed by atoms with van der Waals surface area (Å²) in [5.41, 5.74) is 6.02. The molecule has 370 valence electrons. The summed E-state index contributed by atoms with van der Waals surface area (Å²) in [6.07, 6.45) is 2.28. The average molecular weight is 926 g/mol. The Balaban J connectivity index is 1.84. The molecule has 0 saturated carbocycles. The van der Waals surface area contributed by atoms with Crippen LogP contribution in [0.25, 0.3) is 0 Å². The highest BCUT2D eigenvalue weighted by molar-refractivity contribution is 5.71. The van der Waals surface area contributed by atoms with E-state index < -0.39 is 141 Å². The van der Waals surface area contributed by atoms with E-state index in [1.807, 2.05) is 49.5 Å². The van der Waals surface area contributed by atoms with E-state index in [2.05, 4.69) is 0 Å². The van der Waals surface area contributed by atoms with Crippen LogP contribution in [0.5, 0.6) is 0 Å². The van der Waals surface area contributed by atoms with E-state index >= 15 is 0 Å². The molecule has 2 fully saturated rings. The SMILES string of the molecule is C[C@H]1[C@H](O)[C@@H](C)/C=C/C=C/CC/C=C/C=C/C=C/C=C/[C@H](O[C@@H]2O[C@H](C)[C@@H](O)C(N)[C@@H]2O)C[C@@H]2O[C@](O)(C[C@@H](O)[C@H](O)CC[C@@H](O)CC(O)C[C@@H](O)CC(=O)O[C@H]1C)C[C@H](O)[C@H]2C(=O)O. The first-order valence-corrected chi connectivity index (χ1v) is 22.6. The number of carboxylic acids is 1. The average Bonchev–Trinajstić information content (AvgIpc) is 3.21. The smallest absolute Gasteiger partial charge is 0.311 e. The van der Waals surface area contributed by atoms with Gasteiger partial charge in [0, 0.05) is 31.1 Å². The molecule has 13 N–H and O–H groups in total. The van der Waals surface area contributed by atoms with E-state index in [9.17, 15) is 65.8 Å². The third kappa shape index (κ3) is 18.8. The maximum absolute atomic E-state index is 12.6. The summed E-state index contributed by atoms with van der Waals surface area (Å²) in [6, 6.07) is -1.14. The number of aliphatic hydroxyl groups excluding tert-OH is 9. The molecule has 2 saturated heterocycles. The number of allylic oxidation sites excluding steroid dienone is 10. The van der Waals surface area contributed by atoms with Gasteiger partial charge in [0.2, 0.25) is 0 Å². The standard InChI is InChI=1S/C47H75NO17/c1-27-17-15-13-11-9-7-5-6-8-10-12-14-16-18-34(64-46-44(58)41(48)43(57)30(4)63-46)24-38-40(45(59)60)37(54)26-47(61,65-38)25-36(53)35(52)20-19-31(49)21-32(50)22-33(51)23-39(55)62-29(3)28(2)42(27)56/h5-6,8,10-18,27-38,40-44,46,49-54,56-58,61H,7,9,19-26,48H2,1-4H3,(H,59,60)/b6-5+,10-8+,13-11+,14-12+,17-15+,18-16+/t27-,28+,29-,30+,31+,32?,33+,34-,35+,36+,37-,38-,40+,41?,42+,43+,44-,46-,47+/m0/s1. The number of esters is 1. The molecular formula is C47H75NO17. The Bertz CT molecular complexity index is 1620. The minimum Gasteiger partial charge on any atom is -0.481 e. The predicted molar refractivity (Wildman–Crippen MR) is 237 cm³/mol. The molecule has 18 heteroatoms. The lowest BCUT2D eigenvalue weighted by Gasteiger charge is -2.45. The largest absolute Gasteiger partial charge is 0.481 e. The molecule has 3 heterocycles. The van der Waals surface area contributed by atoms with Crippen LogP contribution in [-0.2, 0) is 28.5 Å². The zero-order chi connectivity index (χ0) is 48.4. The summed E-state index contributed by atoms with van der Waals surface area (Å²) in [7, 11) is 0. The number of fused-ring (bicyclic) bond motifs is 2. The maximum Gasteiger partial charge on any atom is 0.311 e. The fraction of sp³-hybridized carbons (Fsp3) is 0.702. The van der Waals surface area contributed by atoms with Crippen molar-refractivity contribution in [3.63, 3.8) is 0 Å². The van der Waals surface area contributed by atoms with Crippen LogP contribution in [0.4, 0.5) is 0 Å². The van der Waals surface area contributed by atoms with E-state index in [4.69, 9.17) is 24.7 Å². The molecule has 0 amide bonds. The second-order valence-electron chi connectivity index (χ2n) is 17.8. The van der Waals surface area contributed by atoms with Crippen LogP contribution in [-0.4, -0.2) is 166 Å². The lowest BCUT2D eigenvalue weighted by Crippen LogP contribution is -2.61. The minimum atomic E-state index is -2.35. The summed E-state index contributed by atoms with van der Waals surface area (Å²) in [4.78, 5) is 25.1. The fourth-order valence-electron chi connectivity index (χ4n) is 8.11. The van der Waals surface area contributed by atoms with Gasteiger partial charge in [-0.15, -0.1) is 0 Å². The molecule has 18 nitrogen and oxygen atoms in total. The number of nitrogens with two attached hydrogens (primary N) is 1. The fourth-order valence-corrected chi connectivity index (χ4v) is 8.11. The van der Waals surface area contributed by atoms with Crippen molar-refractivity contribution < 1.29 is 84.7 Å². The van der Waals surface area contributed by atoms with Gasteiger partial charge in [0.15, 0.2) is 12.1 Å². The number of aliphatic carboxylic acids is 1. The topological polar surface area (TPSA) is 320 Å². The number of carboxylic acid groups (broad SMARTS) is 1. The van der Waals surface area contributed by atoms with Gasteiger partial charge in [0.25, 0.3) is 0 Å². The number of aliphatic hydroxyl groups is 10. The first kappa shape index (κ1) is 56.1. The Kier molecular flexibility index (Phi) is 23.8. The zero-order valence-electron chi connectivity index (χ0n) is 37.8. The van der Waals surface area contributed by atoms with Crippen molar-refractivity contribution in [2.45, 2.75) is 189 Å². The molecule has 3 aliphatic rings. The molecular weight excluding hydrogens is 851 g/mol. The van der Waals surface area contributed by atoms with Gasteiger partial charge in [-0.3, -0.25) is 9.59 Å². The predicted octanol–water partition coefficient (Wildman–Crippen LogP) is 0.936. The van der Waals surface area contributed by atoms with Crippen LogP contribution in [0.3, 0.4) is 0 Å². The second kappa shape index (κ2) is 27.6. The highest BCUT2D eigenvalue weighted by Crippen LogP contribution is 2.38. The summed E-state index contributed by atoms with van der Waals surface area (Å²) < 4.78 is 23.2. The number of carbonyl (C=O) groups excluding carboxylic acids is 1.